The molecule has 3 heteroatoms. The van der Waals surface area contributed by atoms with Crippen LogP contribution in [-0.4, -0.2) is 18.7 Å². The molecule has 0 fully saturated rings. The molecule has 0 aliphatic heterocycles. The third-order valence-corrected chi connectivity index (χ3v) is 3.66. The molecule has 1 aromatic carbocycles. The second-order valence-electron chi connectivity index (χ2n) is 4.51. The van der Waals surface area contributed by atoms with Gasteiger partial charge in [0.15, 0.2) is 0 Å². The molecule has 1 aromatic rings. The molecule has 0 aliphatic rings. The summed E-state index contributed by atoms with van der Waals surface area (Å²) in [6.45, 7) is 5.08. The molecule has 0 bridgehead atoms. The van der Waals surface area contributed by atoms with Gasteiger partial charge in [0.05, 0.1) is 6.10 Å². The van der Waals surface area contributed by atoms with Crippen LogP contribution in [0.2, 0.25) is 0 Å². The second-order valence-corrected chi connectivity index (χ2v) is 5.36. The molecule has 0 amide bonds. The zero-order valence-electron chi connectivity index (χ0n) is 10.9. The Morgan fingerprint density at radius 1 is 1.35 bits per heavy atom. The number of aliphatic hydroxyl groups excluding tert-OH is 1. The molecule has 0 heterocycles. The molecule has 0 saturated heterocycles. The van der Waals surface area contributed by atoms with E-state index in [-0.39, 0.29) is 0 Å². The Morgan fingerprint density at radius 2 is 2.06 bits per heavy atom. The number of rotatable bonds is 6. The molecular formula is C14H22BrNO. The topological polar surface area (TPSA) is 23.5 Å². The summed E-state index contributed by atoms with van der Waals surface area (Å²) in [5.41, 5.74) is 2.13. The van der Waals surface area contributed by atoms with Crippen LogP contribution >= 0.6 is 15.9 Å². The Bertz CT molecular complexity index is 352. The van der Waals surface area contributed by atoms with E-state index >= 15 is 0 Å². The zero-order chi connectivity index (χ0) is 12.8. The van der Waals surface area contributed by atoms with Crippen LogP contribution in [0.4, 0.5) is 5.69 Å². The zero-order valence-corrected chi connectivity index (χ0v) is 12.5. The number of aliphatic hydroxyl groups is 1. The van der Waals surface area contributed by atoms with Crippen molar-refractivity contribution in [1.82, 2.24) is 0 Å². The van der Waals surface area contributed by atoms with E-state index in [4.69, 9.17) is 0 Å². The van der Waals surface area contributed by atoms with Crippen molar-refractivity contribution in [3.63, 3.8) is 0 Å². The number of unbranched alkanes of at least 4 members (excludes halogenated alkanes) is 2. The van der Waals surface area contributed by atoms with Crippen LogP contribution in [-0.2, 0) is 0 Å². The molecule has 1 rings (SSSR count). The van der Waals surface area contributed by atoms with Crippen LogP contribution in [0.25, 0.3) is 0 Å². The molecule has 0 spiro atoms. The van der Waals surface area contributed by atoms with Gasteiger partial charge in [-0.05, 0) is 31.0 Å². The van der Waals surface area contributed by atoms with Crippen molar-refractivity contribution >= 4 is 21.6 Å². The fraction of sp³-hybridized carbons (Fsp3) is 0.571. The lowest BCUT2D eigenvalue weighted by Crippen LogP contribution is -2.18. The van der Waals surface area contributed by atoms with E-state index in [0.29, 0.717) is 0 Å². The van der Waals surface area contributed by atoms with Crippen molar-refractivity contribution in [3.8, 4) is 0 Å². The second kappa shape index (κ2) is 7.02. The van der Waals surface area contributed by atoms with Crippen molar-refractivity contribution in [2.75, 3.05) is 18.5 Å². The standard InChI is InChI=1S/C14H22BrNO/c1-4-5-6-9-16(3)12-7-8-13(11(2)17)14(15)10-12/h7-8,10-11,17H,4-6,9H2,1-3H3. The van der Waals surface area contributed by atoms with E-state index in [0.717, 1.165) is 16.6 Å². The van der Waals surface area contributed by atoms with E-state index in [2.05, 4.69) is 46.9 Å². The van der Waals surface area contributed by atoms with Gasteiger partial charge in [-0.25, -0.2) is 0 Å². The highest BCUT2D eigenvalue weighted by molar-refractivity contribution is 9.10. The Morgan fingerprint density at radius 3 is 2.59 bits per heavy atom. The van der Waals surface area contributed by atoms with Crippen LogP contribution in [0, 0.1) is 0 Å². The first-order valence-corrected chi connectivity index (χ1v) is 7.04. The first-order valence-electron chi connectivity index (χ1n) is 6.25. The van der Waals surface area contributed by atoms with Gasteiger partial charge in [-0.1, -0.05) is 41.8 Å². The molecular weight excluding hydrogens is 278 g/mol. The Balaban J connectivity index is 2.69. The average molecular weight is 300 g/mol. The number of halogens is 1. The van der Waals surface area contributed by atoms with Gasteiger partial charge in [0.1, 0.15) is 0 Å². The predicted octanol–water partition coefficient (Wildman–Crippen LogP) is 4.13. The molecule has 0 aromatic heterocycles. The van der Waals surface area contributed by atoms with Crippen LogP contribution < -0.4 is 4.90 Å². The van der Waals surface area contributed by atoms with Gasteiger partial charge in [0, 0.05) is 23.8 Å². The van der Waals surface area contributed by atoms with E-state index in [1.807, 2.05) is 6.07 Å². The molecule has 1 unspecified atom stereocenters. The van der Waals surface area contributed by atoms with Gasteiger partial charge in [0.2, 0.25) is 0 Å². The highest BCUT2D eigenvalue weighted by Crippen LogP contribution is 2.27. The van der Waals surface area contributed by atoms with Gasteiger partial charge in [-0.3, -0.25) is 0 Å². The molecule has 1 N–H and O–H groups in total. The monoisotopic (exact) mass is 299 g/mol. The summed E-state index contributed by atoms with van der Waals surface area (Å²) in [5.74, 6) is 0. The summed E-state index contributed by atoms with van der Waals surface area (Å²) in [6, 6.07) is 6.13. The van der Waals surface area contributed by atoms with Crippen molar-refractivity contribution in [2.45, 2.75) is 39.2 Å². The molecule has 17 heavy (non-hydrogen) atoms. The Labute approximate surface area is 113 Å². The van der Waals surface area contributed by atoms with Crippen LogP contribution in [0.15, 0.2) is 22.7 Å². The summed E-state index contributed by atoms with van der Waals surface area (Å²) in [4.78, 5) is 2.26. The molecule has 0 saturated carbocycles. The first kappa shape index (κ1) is 14.5. The fourth-order valence-electron chi connectivity index (χ4n) is 1.82. The van der Waals surface area contributed by atoms with Crippen LogP contribution in [0.5, 0.6) is 0 Å². The lowest BCUT2D eigenvalue weighted by molar-refractivity contribution is 0.198. The molecule has 2 nitrogen and oxygen atoms in total. The lowest BCUT2D eigenvalue weighted by Gasteiger charge is -2.20. The first-order chi connectivity index (χ1) is 8.06. The van der Waals surface area contributed by atoms with E-state index in [1.165, 1.54) is 24.9 Å². The number of hydrogen-bond donors (Lipinski definition) is 1. The van der Waals surface area contributed by atoms with Gasteiger partial charge in [0.25, 0.3) is 0 Å². The van der Waals surface area contributed by atoms with Crippen molar-refractivity contribution in [2.24, 2.45) is 0 Å². The summed E-state index contributed by atoms with van der Waals surface area (Å²) >= 11 is 3.51. The summed E-state index contributed by atoms with van der Waals surface area (Å²) in [7, 11) is 2.11. The minimum absolute atomic E-state index is 0.427. The number of anilines is 1. The molecule has 96 valence electrons. The van der Waals surface area contributed by atoms with Crippen molar-refractivity contribution in [3.05, 3.63) is 28.2 Å². The minimum Gasteiger partial charge on any atom is -0.389 e. The Kier molecular flexibility index (Phi) is 6.00. The van der Waals surface area contributed by atoms with Gasteiger partial charge in [-0.15, -0.1) is 0 Å². The van der Waals surface area contributed by atoms with Gasteiger partial charge < -0.3 is 10.0 Å². The summed E-state index contributed by atoms with van der Waals surface area (Å²) in [5, 5.41) is 9.56. The smallest absolute Gasteiger partial charge is 0.0772 e. The third-order valence-electron chi connectivity index (χ3n) is 2.97. The maximum atomic E-state index is 9.56. The SMILES string of the molecule is CCCCCN(C)c1ccc(C(C)O)c(Br)c1. The van der Waals surface area contributed by atoms with E-state index in [9.17, 15) is 5.11 Å². The van der Waals surface area contributed by atoms with E-state index < -0.39 is 6.10 Å². The largest absolute Gasteiger partial charge is 0.389 e. The third kappa shape index (κ3) is 4.32. The quantitative estimate of drug-likeness (QED) is 0.799. The maximum absolute atomic E-state index is 9.56. The lowest BCUT2D eigenvalue weighted by atomic mass is 10.1. The predicted molar refractivity (Wildman–Crippen MR) is 77.6 cm³/mol. The number of hydrogen-bond acceptors (Lipinski definition) is 2. The highest BCUT2D eigenvalue weighted by Gasteiger charge is 2.08. The van der Waals surface area contributed by atoms with Gasteiger partial charge in [-0.2, -0.15) is 0 Å². The van der Waals surface area contributed by atoms with E-state index in [1.54, 1.807) is 6.92 Å². The summed E-state index contributed by atoms with van der Waals surface area (Å²) in [6.07, 6.45) is 3.32. The molecule has 0 aliphatic carbocycles. The highest BCUT2D eigenvalue weighted by atomic mass is 79.9. The average Bonchev–Trinajstić information content (AvgIpc) is 2.28. The maximum Gasteiger partial charge on any atom is 0.0772 e. The van der Waals surface area contributed by atoms with Crippen LogP contribution in [0.1, 0.15) is 44.8 Å². The minimum atomic E-state index is -0.427. The van der Waals surface area contributed by atoms with Crippen molar-refractivity contribution in [1.29, 1.82) is 0 Å². The molecule has 1 atom stereocenters. The number of benzene rings is 1. The van der Waals surface area contributed by atoms with Crippen LogP contribution in [0.3, 0.4) is 0 Å². The summed E-state index contributed by atoms with van der Waals surface area (Å²) < 4.78 is 0.979. The van der Waals surface area contributed by atoms with Gasteiger partial charge >= 0.3 is 0 Å². The fourth-order valence-corrected chi connectivity index (χ4v) is 2.52. The van der Waals surface area contributed by atoms with Crippen molar-refractivity contribution < 1.29 is 5.11 Å². The Hall–Kier alpha value is -0.540. The normalized spacial score (nSPS) is 12.5. The molecule has 0 radical (unpaired) electrons. The number of nitrogens with zero attached hydrogens (tertiary/aromatic N) is 1.